The quantitative estimate of drug-likeness (QED) is 0.791. The normalized spacial score (nSPS) is 22.2. The number of benzene rings is 2. The summed E-state index contributed by atoms with van der Waals surface area (Å²) in [5.74, 6) is -0.0140. The second kappa shape index (κ2) is 4.46. The van der Waals surface area contributed by atoms with Gasteiger partial charge in [-0.3, -0.25) is 4.79 Å². The average Bonchev–Trinajstić information content (AvgIpc) is 2.44. The summed E-state index contributed by atoms with van der Waals surface area (Å²) in [4.78, 5) is 12.2. The first kappa shape index (κ1) is 11.3. The first-order chi connectivity index (χ1) is 8.77. The van der Waals surface area contributed by atoms with Gasteiger partial charge < -0.3 is 5.32 Å². The lowest BCUT2D eigenvalue weighted by atomic mass is 9.92. The van der Waals surface area contributed by atoms with Crippen molar-refractivity contribution in [2.45, 2.75) is 11.4 Å². The summed E-state index contributed by atoms with van der Waals surface area (Å²) in [5, 5.41) is 2.77. The van der Waals surface area contributed by atoms with Crippen LogP contribution in [0.4, 0.5) is 5.69 Å². The fraction of sp³-hybridized carbons (Fsp3) is 0.133. The molecule has 1 heterocycles. The average molecular weight is 258 g/mol. The highest BCUT2D eigenvalue weighted by atomic mass is 35.5. The van der Waals surface area contributed by atoms with Crippen molar-refractivity contribution in [2.24, 2.45) is 0 Å². The second-order valence-corrected chi connectivity index (χ2v) is 4.81. The number of nitrogens with one attached hydrogen (secondary N) is 1. The van der Waals surface area contributed by atoms with Gasteiger partial charge in [-0.25, -0.2) is 0 Å². The summed E-state index contributed by atoms with van der Waals surface area (Å²) in [6.45, 7) is 0. The summed E-state index contributed by atoms with van der Waals surface area (Å²) in [5.41, 5.74) is 2.55. The third-order valence-corrected chi connectivity index (χ3v) is 3.66. The molecule has 0 radical (unpaired) electrons. The number of para-hydroxylation sites is 1. The molecule has 0 aliphatic carbocycles. The van der Waals surface area contributed by atoms with Gasteiger partial charge in [-0.1, -0.05) is 42.5 Å². The number of Topliss-reactive ketones (excluding diaryl/α,β-unsaturated/α-hetero) is 1. The number of ketones is 1. The number of carbonyl (C=O) groups is 1. The molecule has 1 aliphatic heterocycles. The van der Waals surface area contributed by atoms with Gasteiger partial charge >= 0.3 is 0 Å². The molecule has 0 saturated heterocycles. The molecule has 3 rings (SSSR count). The molecule has 18 heavy (non-hydrogen) atoms. The van der Waals surface area contributed by atoms with Crippen LogP contribution in [0.1, 0.15) is 22.0 Å². The van der Waals surface area contributed by atoms with E-state index in [1.807, 2.05) is 48.5 Å². The standard InChI is InChI=1S/C15H12ClNO/c16-13-14(10-6-2-1-3-7-10)17-12-9-5-4-8-11(12)15(13)18/h1-9,13-14,17H. The van der Waals surface area contributed by atoms with Crippen LogP contribution in [-0.2, 0) is 0 Å². The van der Waals surface area contributed by atoms with Gasteiger partial charge in [0.2, 0.25) is 0 Å². The minimum absolute atomic E-state index is 0.0140. The molecule has 0 saturated carbocycles. The van der Waals surface area contributed by atoms with Crippen LogP contribution in [0.2, 0.25) is 0 Å². The molecule has 2 nitrogen and oxygen atoms in total. The SMILES string of the molecule is O=C1c2ccccc2NC(c2ccccc2)C1Cl. The number of alkyl halides is 1. The summed E-state index contributed by atoms with van der Waals surface area (Å²) in [7, 11) is 0. The second-order valence-electron chi connectivity index (χ2n) is 4.34. The molecule has 1 N–H and O–H groups in total. The Morgan fingerprint density at radius 2 is 1.61 bits per heavy atom. The van der Waals surface area contributed by atoms with Gasteiger partial charge in [0.15, 0.2) is 5.78 Å². The topological polar surface area (TPSA) is 29.1 Å². The molecule has 2 aromatic carbocycles. The van der Waals surface area contributed by atoms with E-state index in [0.717, 1.165) is 11.3 Å². The van der Waals surface area contributed by atoms with E-state index in [-0.39, 0.29) is 11.8 Å². The highest BCUT2D eigenvalue weighted by Crippen LogP contribution is 2.35. The van der Waals surface area contributed by atoms with Crippen molar-refractivity contribution in [1.29, 1.82) is 0 Å². The van der Waals surface area contributed by atoms with Crippen LogP contribution in [0, 0.1) is 0 Å². The van der Waals surface area contributed by atoms with E-state index in [1.165, 1.54) is 0 Å². The number of halogens is 1. The van der Waals surface area contributed by atoms with E-state index >= 15 is 0 Å². The van der Waals surface area contributed by atoms with Gasteiger partial charge in [0.25, 0.3) is 0 Å². The molecule has 1 aliphatic rings. The maximum absolute atomic E-state index is 12.2. The Balaban J connectivity index is 2.04. The minimum Gasteiger partial charge on any atom is -0.376 e. The molecular weight excluding hydrogens is 246 g/mol. The smallest absolute Gasteiger partial charge is 0.185 e. The van der Waals surface area contributed by atoms with Crippen molar-refractivity contribution in [3.63, 3.8) is 0 Å². The number of anilines is 1. The van der Waals surface area contributed by atoms with Gasteiger partial charge in [0.1, 0.15) is 5.38 Å². The third-order valence-electron chi connectivity index (χ3n) is 3.21. The molecule has 0 aromatic heterocycles. The highest BCUT2D eigenvalue weighted by molar-refractivity contribution is 6.36. The van der Waals surface area contributed by atoms with Crippen molar-refractivity contribution in [1.82, 2.24) is 0 Å². The number of hydrogen-bond acceptors (Lipinski definition) is 2. The molecule has 2 atom stereocenters. The summed E-state index contributed by atoms with van der Waals surface area (Å²) in [6, 6.07) is 17.1. The lowest BCUT2D eigenvalue weighted by molar-refractivity contribution is 0.0976. The molecule has 90 valence electrons. The maximum Gasteiger partial charge on any atom is 0.185 e. The fourth-order valence-corrected chi connectivity index (χ4v) is 2.60. The molecule has 2 unspecified atom stereocenters. The Labute approximate surface area is 111 Å². The maximum atomic E-state index is 12.2. The zero-order chi connectivity index (χ0) is 12.5. The Hall–Kier alpha value is -1.80. The fourth-order valence-electron chi connectivity index (χ4n) is 2.28. The summed E-state index contributed by atoms with van der Waals surface area (Å²) >= 11 is 6.28. The van der Waals surface area contributed by atoms with Gasteiger partial charge in [0, 0.05) is 11.3 Å². The van der Waals surface area contributed by atoms with Crippen molar-refractivity contribution < 1.29 is 4.79 Å². The number of carbonyl (C=O) groups excluding carboxylic acids is 1. The van der Waals surface area contributed by atoms with Crippen LogP contribution >= 0.6 is 11.6 Å². The van der Waals surface area contributed by atoms with Gasteiger partial charge in [0.05, 0.1) is 6.04 Å². The van der Waals surface area contributed by atoms with E-state index in [2.05, 4.69) is 5.32 Å². The molecule has 2 aromatic rings. The number of rotatable bonds is 1. The lowest BCUT2D eigenvalue weighted by Crippen LogP contribution is -2.34. The Bertz CT molecular complexity index is 582. The molecule has 3 heteroatoms. The third kappa shape index (κ3) is 1.79. The van der Waals surface area contributed by atoms with Crippen molar-refractivity contribution in [2.75, 3.05) is 5.32 Å². The van der Waals surface area contributed by atoms with Crippen LogP contribution < -0.4 is 5.32 Å². The summed E-state index contributed by atoms with van der Waals surface area (Å²) in [6.07, 6.45) is 0. The van der Waals surface area contributed by atoms with Crippen molar-refractivity contribution >= 4 is 23.1 Å². The Kier molecular flexibility index (Phi) is 2.80. The van der Waals surface area contributed by atoms with Crippen molar-refractivity contribution in [3.8, 4) is 0 Å². The first-order valence-corrected chi connectivity index (χ1v) is 6.30. The van der Waals surface area contributed by atoms with E-state index < -0.39 is 5.38 Å². The molecule has 0 bridgehead atoms. The van der Waals surface area contributed by atoms with Gasteiger partial charge in [-0.05, 0) is 17.7 Å². The predicted octanol–water partition coefficient (Wildman–Crippen LogP) is 3.64. The zero-order valence-electron chi connectivity index (χ0n) is 9.64. The number of fused-ring (bicyclic) bond motifs is 1. The molecular formula is C15H12ClNO. The van der Waals surface area contributed by atoms with E-state index in [4.69, 9.17) is 11.6 Å². The monoisotopic (exact) mass is 257 g/mol. The van der Waals surface area contributed by atoms with Crippen LogP contribution in [0.3, 0.4) is 0 Å². The Morgan fingerprint density at radius 3 is 2.39 bits per heavy atom. The molecule has 0 amide bonds. The Morgan fingerprint density at radius 1 is 0.944 bits per heavy atom. The first-order valence-electron chi connectivity index (χ1n) is 5.86. The van der Waals surface area contributed by atoms with Crippen LogP contribution in [0.15, 0.2) is 54.6 Å². The minimum atomic E-state index is -0.567. The molecule has 0 fully saturated rings. The summed E-state index contributed by atoms with van der Waals surface area (Å²) < 4.78 is 0. The molecule has 0 spiro atoms. The van der Waals surface area contributed by atoms with Gasteiger partial charge in [-0.2, -0.15) is 0 Å². The van der Waals surface area contributed by atoms with Crippen LogP contribution in [-0.4, -0.2) is 11.2 Å². The van der Waals surface area contributed by atoms with E-state index in [9.17, 15) is 4.79 Å². The highest BCUT2D eigenvalue weighted by Gasteiger charge is 2.34. The predicted molar refractivity (Wildman–Crippen MR) is 73.2 cm³/mol. The van der Waals surface area contributed by atoms with E-state index in [0.29, 0.717) is 5.56 Å². The van der Waals surface area contributed by atoms with Crippen LogP contribution in [0.25, 0.3) is 0 Å². The number of hydrogen-bond donors (Lipinski definition) is 1. The lowest BCUT2D eigenvalue weighted by Gasteiger charge is -2.30. The van der Waals surface area contributed by atoms with Crippen molar-refractivity contribution in [3.05, 3.63) is 65.7 Å². The van der Waals surface area contributed by atoms with E-state index in [1.54, 1.807) is 6.07 Å². The van der Waals surface area contributed by atoms with Gasteiger partial charge in [-0.15, -0.1) is 11.6 Å². The largest absolute Gasteiger partial charge is 0.376 e. The zero-order valence-corrected chi connectivity index (χ0v) is 10.4. The van der Waals surface area contributed by atoms with Crippen LogP contribution in [0.5, 0.6) is 0 Å².